The lowest BCUT2D eigenvalue weighted by atomic mass is 9.99. The zero-order valence-electron chi connectivity index (χ0n) is 32.8. The highest BCUT2D eigenvalue weighted by Crippen LogP contribution is 2.32. The minimum atomic E-state index is -0.877. The van der Waals surface area contributed by atoms with Crippen LogP contribution in [0.1, 0.15) is 70.9 Å². The number of aliphatic carboxylic acids is 1. The number of hydrogen-bond donors (Lipinski definition) is 3. The number of aromatic nitrogens is 5. The van der Waals surface area contributed by atoms with Gasteiger partial charge in [0, 0.05) is 48.0 Å². The number of carbonyl (C=O) groups is 2. The van der Waals surface area contributed by atoms with Gasteiger partial charge in [-0.05, 0) is 68.7 Å². The molecular weight excluding hydrogens is 716 g/mol. The van der Waals surface area contributed by atoms with Crippen LogP contribution in [0, 0.1) is 0 Å². The average molecular weight is 769 g/mol. The van der Waals surface area contributed by atoms with Crippen molar-refractivity contribution >= 4 is 40.1 Å². The molecule has 0 aliphatic carbocycles. The number of fused-ring (bicyclic) bond motifs is 2. The van der Waals surface area contributed by atoms with Crippen molar-refractivity contribution in [2.75, 3.05) is 56.7 Å². The van der Waals surface area contributed by atoms with Crippen LogP contribution in [-0.4, -0.2) is 104 Å². The van der Waals surface area contributed by atoms with Crippen LogP contribution in [0.3, 0.4) is 0 Å². The van der Waals surface area contributed by atoms with E-state index in [1.807, 2.05) is 57.4 Å². The molecule has 56 heavy (non-hydrogen) atoms. The van der Waals surface area contributed by atoms with E-state index in [2.05, 4.69) is 53.8 Å². The quantitative estimate of drug-likeness (QED) is 0.0846. The molecule has 0 saturated carbocycles. The number of likely N-dealkylation sites (tertiary alicyclic amines) is 1. The number of nitrogens with zero attached hydrogens (tertiary/aromatic N) is 6. The largest absolute Gasteiger partial charge is 0.481 e. The summed E-state index contributed by atoms with van der Waals surface area (Å²) in [6, 6.07) is 16.6. The number of carbonyl (C=O) groups excluding carboxylic acids is 1. The molecule has 15 heteroatoms. The number of carboxylic acid groups (broad SMARTS) is 1. The summed E-state index contributed by atoms with van der Waals surface area (Å²) < 4.78 is 24.6. The molecule has 15 nitrogen and oxygen atoms in total. The minimum absolute atomic E-state index is 0.0150. The van der Waals surface area contributed by atoms with Crippen LogP contribution in [-0.2, 0) is 25.5 Å². The van der Waals surface area contributed by atoms with Crippen LogP contribution in [0.5, 0.6) is 6.01 Å². The number of ether oxygens (including phenoxy) is 4. The number of hydrogen-bond acceptors (Lipinski definition) is 12. The highest BCUT2D eigenvalue weighted by Gasteiger charge is 2.29. The molecule has 0 bridgehead atoms. The molecular formula is C41H52N8O7. The number of piperidine rings is 1. The summed E-state index contributed by atoms with van der Waals surface area (Å²) in [5.41, 5.74) is 4.88. The standard InChI is InChI=1S/C41H52N8O7/c1-27(2)34-25-45-49-37(34)46-39(55-31-10-8-18-48(26-31)40(52)56-41(3,4)5)47-38(49)44-24-29-9-6-7-11-32(29)36-33-13-12-30(23-28(33)14-16-43-36)42-17-20-54-22-21-53-19-15-35(50)51/h6-7,9,11-14,16,23,25,27,31,42H,8,10,15,17-22,24,26H2,1-5H3,(H,50,51)(H,44,46,47)/t31-/m1/s1. The van der Waals surface area contributed by atoms with Crippen LogP contribution >= 0.6 is 0 Å². The first-order valence-electron chi connectivity index (χ1n) is 19.2. The molecule has 3 aromatic heterocycles. The fraction of sp³-hybridized carbons (Fsp3) is 0.463. The fourth-order valence-corrected chi connectivity index (χ4v) is 6.46. The van der Waals surface area contributed by atoms with Crippen molar-refractivity contribution in [3.63, 3.8) is 0 Å². The van der Waals surface area contributed by atoms with E-state index in [1.54, 1.807) is 9.42 Å². The van der Waals surface area contributed by atoms with E-state index in [4.69, 9.17) is 39.0 Å². The first-order valence-corrected chi connectivity index (χ1v) is 19.2. The molecule has 1 amide bonds. The summed E-state index contributed by atoms with van der Waals surface area (Å²) in [6.45, 7) is 13.2. The molecule has 1 aliphatic heterocycles. The van der Waals surface area contributed by atoms with Crippen LogP contribution in [0.25, 0.3) is 27.7 Å². The summed E-state index contributed by atoms with van der Waals surface area (Å²) >= 11 is 0. The van der Waals surface area contributed by atoms with E-state index in [-0.39, 0.29) is 37.2 Å². The lowest BCUT2D eigenvalue weighted by Gasteiger charge is -2.33. The van der Waals surface area contributed by atoms with Gasteiger partial charge < -0.3 is 39.6 Å². The molecule has 6 rings (SSSR count). The lowest BCUT2D eigenvalue weighted by Crippen LogP contribution is -2.46. The minimum Gasteiger partial charge on any atom is -0.481 e. The number of pyridine rings is 1. The van der Waals surface area contributed by atoms with Crippen LogP contribution in [0.15, 0.2) is 60.9 Å². The van der Waals surface area contributed by atoms with E-state index in [9.17, 15) is 9.59 Å². The number of amides is 1. The first kappa shape index (κ1) is 40.1. The van der Waals surface area contributed by atoms with Crippen molar-refractivity contribution in [2.45, 2.75) is 78.0 Å². The molecule has 0 radical (unpaired) electrons. The number of anilines is 2. The van der Waals surface area contributed by atoms with Gasteiger partial charge >= 0.3 is 18.1 Å². The molecule has 5 aromatic rings. The monoisotopic (exact) mass is 768 g/mol. The van der Waals surface area contributed by atoms with Crippen molar-refractivity contribution in [1.29, 1.82) is 0 Å². The Bertz CT molecular complexity index is 2120. The predicted molar refractivity (Wildman–Crippen MR) is 213 cm³/mol. The normalized spacial score (nSPS) is 14.7. The van der Waals surface area contributed by atoms with Crippen molar-refractivity contribution in [2.24, 2.45) is 0 Å². The molecule has 1 fully saturated rings. The van der Waals surface area contributed by atoms with Gasteiger partial charge in [0.25, 0.3) is 0 Å². The van der Waals surface area contributed by atoms with Gasteiger partial charge in [-0.25, -0.2) is 4.79 Å². The molecule has 4 heterocycles. The summed E-state index contributed by atoms with van der Waals surface area (Å²) in [4.78, 5) is 39.5. The lowest BCUT2D eigenvalue weighted by molar-refractivity contribution is -0.138. The van der Waals surface area contributed by atoms with Crippen molar-refractivity contribution in [3.05, 3.63) is 72.1 Å². The fourth-order valence-electron chi connectivity index (χ4n) is 6.46. The smallest absolute Gasteiger partial charge is 0.410 e. The van der Waals surface area contributed by atoms with Gasteiger partial charge in [-0.15, -0.1) is 0 Å². The Morgan fingerprint density at radius 1 is 1.00 bits per heavy atom. The number of rotatable bonds is 17. The zero-order valence-corrected chi connectivity index (χ0v) is 32.8. The molecule has 2 aromatic carbocycles. The van der Waals surface area contributed by atoms with E-state index < -0.39 is 11.6 Å². The second-order valence-corrected chi connectivity index (χ2v) is 15.0. The highest BCUT2D eigenvalue weighted by molar-refractivity contribution is 5.96. The van der Waals surface area contributed by atoms with E-state index >= 15 is 0 Å². The zero-order chi connectivity index (χ0) is 39.7. The average Bonchev–Trinajstić information content (AvgIpc) is 3.60. The Balaban J connectivity index is 1.15. The van der Waals surface area contributed by atoms with Gasteiger partial charge in [0.2, 0.25) is 5.95 Å². The summed E-state index contributed by atoms with van der Waals surface area (Å²) in [7, 11) is 0. The molecule has 0 unspecified atom stereocenters. The van der Waals surface area contributed by atoms with Gasteiger partial charge in [0.1, 0.15) is 11.7 Å². The first-order chi connectivity index (χ1) is 26.9. The maximum absolute atomic E-state index is 12.8. The van der Waals surface area contributed by atoms with Crippen molar-refractivity contribution in [3.8, 4) is 17.3 Å². The molecule has 1 saturated heterocycles. The summed E-state index contributed by atoms with van der Waals surface area (Å²) in [6.07, 6.45) is 4.53. The second kappa shape index (κ2) is 18.4. The van der Waals surface area contributed by atoms with Gasteiger partial charge in [0.05, 0.1) is 51.3 Å². The van der Waals surface area contributed by atoms with E-state index in [1.165, 1.54) is 0 Å². The van der Waals surface area contributed by atoms with Crippen LogP contribution in [0.4, 0.5) is 16.4 Å². The van der Waals surface area contributed by atoms with Crippen LogP contribution < -0.4 is 15.4 Å². The highest BCUT2D eigenvalue weighted by atomic mass is 16.6. The SMILES string of the molecule is CC(C)c1cnn2c(NCc3ccccc3-c3nccc4cc(NCCOCCOCCC(=O)O)ccc34)nc(O[C@@H]3CCCN(C(=O)OC(C)(C)C)C3)nc12. The Morgan fingerprint density at radius 2 is 1.80 bits per heavy atom. The third-order valence-electron chi connectivity index (χ3n) is 9.18. The van der Waals surface area contributed by atoms with Gasteiger partial charge in [-0.2, -0.15) is 19.6 Å². The Morgan fingerprint density at radius 3 is 2.59 bits per heavy atom. The number of nitrogens with one attached hydrogen (secondary N) is 2. The Kier molecular flexibility index (Phi) is 13.2. The van der Waals surface area contributed by atoms with E-state index in [0.29, 0.717) is 57.6 Å². The molecule has 3 N–H and O–H groups in total. The summed E-state index contributed by atoms with van der Waals surface area (Å²) in [5, 5.41) is 22.3. The second-order valence-electron chi connectivity index (χ2n) is 15.0. The Labute approximate surface area is 326 Å². The van der Waals surface area contributed by atoms with Gasteiger partial charge in [0.15, 0.2) is 5.65 Å². The van der Waals surface area contributed by atoms with E-state index in [0.717, 1.165) is 51.7 Å². The number of carboxylic acids is 1. The maximum atomic E-state index is 12.8. The Hall–Kier alpha value is -5.54. The van der Waals surface area contributed by atoms with Crippen LogP contribution in [0.2, 0.25) is 0 Å². The molecule has 298 valence electrons. The third-order valence-corrected chi connectivity index (χ3v) is 9.18. The topological polar surface area (TPSA) is 175 Å². The molecule has 1 aliphatic rings. The predicted octanol–water partition coefficient (Wildman–Crippen LogP) is 6.77. The number of benzene rings is 2. The van der Waals surface area contributed by atoms with Gasteiger partial charge in [-0.1, -0.05) is 44.2 Å². The maximum Gasteiger partial charge on any atom is 0.410 e. The molecule has 1 atom stereocenters. The summed E-state index contributed by atoms with van der Waals surface area (Å²) in [5.74, 6) is -0.217. The third kappa shape index (κ3) is 10.6. The van der Waals surface area contributed by atoms with Crippen molar-refractivity contribution < 1.29 is 33.6 Å². The molecule has 0 spiro atoms. The van der Waals surface area contributed by atoms with Crippen molar-refractivity contribution in [1.82, 2.24) is 29.5 Å². The van der Waals surface area contributed by atoms with Gasteiger partial charge in [-0.3, -0.25) is 9.78 Å².